The summed E-state index contributed by atoms with van der Waals surface area (Å²) in [5, 5.41) is 27.3. The average Bonchev–Trinajstić information content (AvgIpc) is 2.54. The van der Waals surface area contributed by atoms with Gasteiger partial charge in [-0.3, -0.25) is 0 Å². The number of rotatable bonds is 4. The van der Waals surface area contributed by atoms with Crippen LogP contribution in [0.15, 0.2) is 0 Å². The first-order chi connectivity index (χ1) is 13.0. The van der Waals surface area contributed by atoms with Gasteiger partial charge in [0.1, 0.15) is 0 Å². The third-order valence-electron chi connectivity index (χ3n) is 6.75. The Morgan fingerprint density at radius 3 is 1.62 bits per heavy atom. The predicted molar refractivity (Wildman–Crippen MR) is 115 cm³/mol. The molecule has 29 heavy (non-hydrogen) atoms. The molecule has 2 amide bonds. The van der Waals surface area contributed by atoms with Gasteiger partial charge in [-0.05, 0) is 87.5 Å². The number of carbonyl (C=O) groups is 1. The first-order valence-electron chi connectivity index (χ1n) is 11.1. The van der Waals surface area contributed by atoms with E-state index in [4.69, 9.17) is 0 Å². The van der Waals surface area contributed by atoms with Crippen molar-refractivity contribution in [2.75, 3.05) is 6.54 Å². The maximum Gasteiger partial charge on any atom is 0.317 e. The van der Waals surface area contributed by atoms with Gasteiger partial charge in [0.2, 0.25) is 0 Å². The van der Waals surface area contributed by atoms with E-state index < -0.39 is 22.2 Å². The Labute approximate surface area is 177 Å². The monoisotopic (exact) mass is 412 g/mol. The van der Waals surface area contributed by atoms with E-state index in [-0.39, 0.29) is 18.1 Å². The van der Waals surface area contributed by atoms with Crippen molar-refractivity contribution < 1.29 is 15.2 Å². The van der Waals surface area contributed by atoms with E-state index in [1.165, 1.54) is 10.1 Å². The Kier molecular flexibility index (Phi) is 6.71. The van der Waals surface area contributed by atoms with Crippen molar-refractivity contribution in [1.82, 2.24) is 20.3 Å². The minimum absolute atomic E-state index is 0.00853. The lowest BCUT2D eigenvalue weighted by atomic mass is 9.78. The molecule has 0 atom stereocenters. The van der Waals surface area contributed by atoms with Crippen molar-refractivity contribution in [2.45, 2.75) is 129 Å². The van der Waals surface area contributed by atoms with E-state index >= 15 is 0 Å². The minimum Gasteiger partial charge on any atom is -0.335 e. The van der Waals surface area contributed by atoms with Gasteiger partial charge in [-0.25, -0.2) is 4.79 Å². The van der Waals surface area contributed by atoms with E-state index in [0.29, 0.717) is 19.4 Å². The summed E-state index contributed by atoms with van der Waals surface area (Å²) < 4.78 is 0. The van der Waals surface area contributed by atoms with Crippen molar-refractivity contribution in [1.29, 1.82) is 0 Å². The molecule has 0 aromatic rings. The molecule has 0 radical (unpaired) electrons. The fraction of sp³-hybridized carbons (Fsp3) is 0.955. The molecule has 2 rings (SSSR count). The largest absolute Gasteiger partial charge is 0.335 e. The summed E-state index contributed by atoms with van der Waals surface area (Å²) in [6.45, 7) is 19.0. The smallest absolute Gasteiger partial charge is 0.317 e. The molecule has 2 aliphatic heterocycles. The zero-order valence-corrected chi connectivity index (χ0v) is 20.0. The summed E-state index contributed by atoms with van der Waals surface area (Å²) >= 11 is 0. The number of hydrogen-bond donors (Lipinski definition) is 3. The van der Waals surface area contributed by atoms with Gasteiger partial charge in [0, 0.05) is 40.8 Å². The molecule has 3 N–H and O–H groups in total. The Morgan fingerprint density at radius 2 is 1.24 bits per heavy atom. The molecule has 0 spiro atoms. The molecule has 0 aliphatic carbocycles. The number of carbonyl (C=O) groups excluding carboxylic acids is 1. The van der Waals surface area contributed by atoms with Crippen LogP contribution in [-0.2, 0) is 0 Å². The molecule has 170 valence electrons. The molecule has 0 saturated carbocycles. The van der Waals surface area contributed by atoms with E-state index in [0.717, 1.165) is 19.3 Å². The van der Waals surface area contributed by atoms with Crippen LogP contribution in [0.1, 0.15) is 94.4 Å². The first kappa shape index (κ1) is 24.4. The highest BCUT2D eigenvalue weighted by Gasteiger charge is 2.49. The molecular formula is C22H44N4O3. The summed E-state index contributed by atoms with van der Waals surface area (Å²) in [6, 6.07) is 0.0503. The third kappa shape index (κ3) is 5.06. The van der Waals surface area contributed by atoms with Crippen molar-refractivity contribution >= 4 is 6.03 Å². The van der Waals surface area contributed by atoms with E-state index in [1.54, 1.807) is 0 Å². The van der Waals surface area contributed by atoms with Crippen LogP contribution in [0.3, 0.4) is 0 Å². The maximum atomic E-state index is 13.4. The average molecular weight is 413 g/mol. The molecule has 2 saturated heterocycles. The van der Waals surface area contributed by atoms with Crippen LogP contribution >= 0.6 is 0 Å². The summed E-state index contributed by atoms with van der Waals surface area (Å²) in [4.78, 5) is 15.3. The second kappa shape index (κ2) is 7.98. The van der Waals surface area contributed by atoms with Crippen molar-refractivity contribution in [2.24, 2.45) is 0 Å². The molecule has 2 heterocycles. The van der Waals surface area contributed by atoms with Crippen LogP contribution in [0.4, 0.5) is 4.79 Å². The zero-order valence-electron chi connectivity index (χ0n) is 20.0. The Hall–Kier alpha value is -0.890. The topological polar surface area (TPSA) is 79.3 Å². The van der Waals surface area contributed by atoms with E-state index in [2.05, 4.69) is 12.2 Å². The fourth-order valence-corrected chi connectivity index (χ4v) is 5.76. The van der Waals surface area contributed by atoms with Crippen molar-refractivity contribution in [3.8, 4) is 0 Å². The molecule has 7 heteroatoms. The minimum atomic E-state index is -0.401. The lowest BCUT2D eigenvalue weighted by Crippen LogP contribution is -2.66. The molecule has 0 aromatic heterocycles. The van der Waals surface area contributed by atoms with Crippen molar-refractivity contribution in [3.63, 3.8) is 0 Å². The predicted octanol–water partition coefficient (Wildman–Crippen LogP) is 4.23. The Morgan fingerprint density at radius 1 is 0.862 bits per heavy atom. The highest BCUT2D eigenvalue weighted by atomic mass is 16.5. The Balaban J connectivity index is 2.18. The van der Waals surface area contributed by atoms with Gasteiger partial charge >= 0.3 is 6.03 Å². The molecule has 2 fully saturated rings. The molecular weight excluding hydrogens is 368 g/mol. The summed E-state index contributed by atoms with van der Waals surface area (Å²) in [6.07, 6.45) is 3.74. The molecule has 0 unspecified atom stereocenters. The van der Waals surface area contributed by atoms with Crippen LogP contribution in [0.5, 0.6) is 0 Å². The van der Waals surface area contributed by atoms with Gasteiger partial charge < -0.3 is 20.6 Å². The number of piperidine rings is 2. The van der Waals surface area contributed by atoms with E-state index in [9.17, 15) is 15.2 Å². The number of amides is 2. The van der Waals surface area contributed by atoms with Gasteiger partial charge in [-0.2, -0.15) is 10.1 Å². The van der Waals surface area contributed by atoms with Crippen molar-refractivity contribution in [3.05, 3.63) is 0 Å². The molecule has 7 nitrogen and oxygen atoms in total. The summed E-state index contributed by atoms with van der Waals surface area (Å²) in [7, 11) is 0. The SMILES string of the molecule is CCCN(C(=O)NC1CC(C)(C)N(O)C(C)(C)C1)C1CC(C)(C)N(O)C(C)(C)C1. The van der Waals surface area contributed by atoms with Gasteiger partial charge in [0.05, 0.1) is 0 Å². The van der Waals surface area contributed by atoms with Crippen LogP contribution < -0.4 is 5.32 Å². The zero-order chi connectivity index (χ0) is 22.4. The lowest BCUT2D eigenvalue weighted by molar-refractivity contribution is -0.250. The van der Waals surface area contributed by atoms with Crippen LogP contribution in [0.2, 0.25) is 0 Å². The van der Waals surface area contributed by atoms with Gasteiger partial charge in [0.15, 0.2) is 0 Å². The maximum absolute atomic E-state index is 13.4. The number of hydroxylamine groups is 4. The second-order valence-electron chi connectivity index (χ2n) is 11.7. The number of hydrogen-bond acceptors (Lipinski definition) is 5. The molecule has 0 aromatic carbocycles. The van der Waals surface area contributed by atoms with E-state index in [1.807, 2.05) is 60.3 Å². The third-order valence-corrected chi connectivity index (χ3v) is 6.75. The quantitative estimate of drug-likeness (QED) is 0.644. The van der Waals surface area contributed by atoms with Gasteiger partial charge in [-0.15, -0.1) is 0 Å². The molecule has 0 bridgehead atoms. The van der Waals surface area contributed by atoms with Gasteiger partial charge in [-0.1, -0.05) is 6.92 Å². The summed E-state index contributed by atoms with van der Waals surface area (Å²) in [5.74, 6) is 0. The molecule has 2 aliphatic rings. The second-order valence-corrected chi connectivity index (χ2v) is 11.7. The van der Waals surface area contributed by atoms with Crippen LogP contribution in [0, 0.1) is 0 Å². The number of nitrogens with one attached hydrogen (secondary N) is 1. The highest BCUT2D eigenvalue weighted by Crippen LogP contribution is 2.40. The summed E-state index contributed by atoms with van der Waals surface area (Å²) in [5.41, 5.74) is -1.60. The normalized spacial score (nSPS) is 27.6. The van der Waals surface area contributed by atoms with Crippen LogP contribution in [-0.4, -0.2) is 72.3 Å². The number of nitrogens with zero attached hydrogens (tertiary/aromatic N) is 3. The Bertz CT molecular complexity index is 567. The lowest BCUT2D eigenvalue weighted by Gasteiger charge is -2.54. The highest BCUT2D eigenvalue weighted by molar-refractivity contribution is 5.75. The fourth-order valence-electron chi connectivity index (χ4n) is 5.76. The number of urea groups is 1. The van der Waals surface area contributed by atoms with Crippen LogP contribution in [0.25, 0.3) is 0 Å². The first-order valence-corrected chi connectivity index (χ1v) is 11.1. The van der Waals surface area contributed by atoms with Gasteiger partial charge in [0.25, 0.3) is 0 Å². The standard InChI is InChI=1S/C22H44N4O3/c1-10-11-24(17-14-21(6,7)26(29)22(8,9)15-17)18(27)23-16-12-19(2,3)25(28)20(4,5)13-16/h16-17,28-29H,10-15H2,1-9H3,(H,23,27).